The van der Waals surface area contributed by atoms with Crippen molar-refractivity contribution in [3.63, 3.8) is 0 Å². The maximum absolute atomic E-state index is 13.1. The standard InChI is InChI=1S/C21H25N3O4/c1-13(25)23-18(10-14-12-22-17-5-3-2-4-15(14)17)19(26)24-8-6-21(7-9-24)11-16(21)20(27)28/h2-5,12,16,18,22H,6-11H2,1H3,(H,23,25)(H,27,28). The summed E-state index contributed by atoms with van der Waals surface area (Å²) in [5.74, 6) is -1.32. The second-order valence-electron chi connectivity index (χ2n) is 8.10. The number of nitrogens with zero attached hydrogens (tertiary/aromatic N) is 1. The van der Waals surface area contributed by atoms with Gasteiger partial charge in [-0.3, -0.25) is 14.4 Å². The van der Waals surface area contributed by atoms with Crippen molar-refractivity contribution in [2.75, 3.05) is 13.1 Å². The van der Waals surface area contributed by atoms with E-state index < -0.39 is 12.0 Å². The number of piperidine rings is 1. The summed E-state index contributed by atoms with van der Waals surface area (Å²) in [4.78, 5) is 41.1. The normalized spacial score (nSPS) is 21.5. The molecule has 2 atom stereocenters. The van der Waals surface area contributed by atoms with Gasteiger partial charge in [0.2, 0.25) is 11.8 Å². The topological polar surface area (TPSA) is 103 Å². The van der Waals surface area contributed by atoms with Crippen LogP contribution in [-0.2, 0) is 20.8 Å². The second-order valence-corrected chi connectivity index (χ2v) is 8.10. The summed E-state index contributed by atoms with van der Waals surface area (Å²) in [6, 6.07) is 7.26. The fourth-order valence-electron chi connectivity index (χ4n) is 4.61. The highest BCUT2D eigenvalue weighted by atomic mass is 16.4. The van der Waals surface area contributed by atoms with Gasteiger partial charge >= 0.3 is 5.97 Å². The van der Waals surface area contributed by atoms with Crippen molar-refractivity contribution >= 4 is 28.7 Å². The smallest absolute Gasteiger partial charge is 0.307 e. The number of para-hydroxylation sites is 1. The lowest BCUT2D eigenvalue weighted by Gasteiger charge is -2.35. The number of carbonyl (C=O) groups excluding carboxylic acids is 2. The number of carboxylic acids is 1. The van der Waals surface area contributed by atoms with Crippen LogP contribution in [-0.4, -0.2) is 51.9 Å². The highest BCUT2D eigenvalue weighted by Gasteiger charge is 2.59. The van der Waals surface area contributed by atoms with E-state index in [4.69, 9.17) is 0 Å². The fraction of sp³-hybridized carbons (Fsp3) is 0.476. The Bertz CT molecular complexity index is 927. The lowest BCUT2D eigenvalue weighted by molar-refractivity contribution is -0.140. The molecule has 2 aromatic rings. The molecule has 28 heavy (non-hydrogen) atoms. The summed E-state index contributed by atoms with van der Waals surface area (Å²) in [5.41, 5.74) is 1.87. The number of amides is 2. The molecule has 7 nitrogen and oxygen atoms in total. The van der Waals surface area contributed by atoms with Crippen LogP contribution in [0.15, 0.2) is 30.5 Å². The zero-order chi connectivity index (χ0) is 19.9. The number of likely N-dealkylation sites (tertiary alicyclic amines) is 1. The van der Waals surface area contributed by atoms with E-state index >= 15 is 0 Å². The zero-order valence-electron chi connectivity index (χ0n) is 15.9. The highest BCUT2D eigenvalue weighted by molar-refractivity contribution is 5.89. The molecule has 0 radical (unpaired) electrons. The molecular formula is C21H25N3O4. The Morgan fingerprint density at radius 1 is 1.29 bits per heavy atom. The van der Waals surface area contributed by atoms with Crippen LogP contribution in [0.3, 0.4) is 0 Å². The third kappa shape index (κ3) is 3.37. The van der Waals surface area contributed by atoms with Crippen LogP contribution in [0.2, 0.25) is 0 Å². The Hall–Kier alpha value is -2.83. The van der Waals surface area contributed by atoms with Gasteiger partial charge in [-0.05, 0) is 36.3 Å². The number of rotatable bonds is 5. The van der Waals surface area contributed by atoms with Crippen LogP contribution >= 0.6 is 0 Å². The van der Waals surface area contributed by atoms with Gasteiger partial charge in [-0.15, -0.1) is 0 Å². The van der Waals surface area contributed by atoms with Gasteiger partial charge in [-0.2, -0.15) is 0 Å². The van der Waals surface area contributed by atoms with Crippen molar-refractivity contribution in [2.45, 2.75) is 38.6 Å². The van der Waals surface area contributed by atoms with E-state index in [1.165, 1.54) is 6.92 Å². The van der Waals surface area contributed by atoms with Gasteiger partial charge in [0.15, 0.2) is 0 Å². The molecule has 2 aliphatic rings. The minimum Gasteiger partial charge on any atom is -0.481 e. The van der Waals surface area contributed by atoms with E-state index in [2.05, 4.69) is 10.3 Å². The van der Waals surface area contributed by atoms with Gasteiger partial charge in [-0.25, -0.2) is 0 Å². The average Bonchev–Trinajstić information content (AvgIpc) is 3.23. The summed E-state index contributed by atoms with van der Waals surface area (Å²) < 4.78 is 0. The molecule has 0 bridgehead atoms. The van der Waals surface area contributed by atoms with Gasteiger partial charge < -0.3 is 20.3 Å². The number of aromatic amines is 1. The van der Waals surface area contributed by atoms with Crippen LogP contribution in [0, 0.1) is 11.3 Å². The van der Waals surface area contributed by atoms with Crippen molar-refractivity contribution < 1.29 is 19.5 Å². The predicted octanol–water partition coefficient (Wildman–Crippen LogP) is 1.93. The Balaban J connectivity index is 1.46. The first kappa shape index (κ1) is 18.5. The third-order valence-electron chi connectivity index (χ3n) is 6.33. The zero-order valence-corrected chi connectivity index (χ0v) is 15.9. The number of benzene rings is 1. The van der Waals surface area contributed by atoms with Crippen molar-refractivity contribution in [3.8, 4) is 0 Å². The first-order valence-corrected chi connectivity index (χ1v) is 9.73. The molecular weight excluding hydrogens is 358 g/mol. The number of fused-ring (bicyclic) bond motifs is 1. The van der Waals surface area contributed by atoms with Crippen LogP contribution in [0.25, 0.3) is 10.9 Å². The lowest BCUT2D eigenvalue weighted by Crippen LogP contribution is -2.51. The Labute approximate surface area is 163 Å². The largest absolute Gasteiger partial charge is 0.481 e. The van der Waals surface area contributed by atoms with Gasteiger partial charge in [0, 0.05) is 43.5 Å². The van der Waals surface area contributed by atoms with E-state index in [0.717, 1.165) is 35.7 Å². The van der Waals surface area contributed by atoms with Crippen LogP contribution in [0.1, 0.15) is 31.7 Å². The minimum absolute atomic E-state index is 0.0946. The molecule has 4 rings (SSSR count). The number of carbonyl (C=O) groups is 3. The van der Waals surface area contributed by atoms with Crippen LogP contribution in [0.4, 0.5) is 0 Å². The maximum Gasteiger partial charge on any atom is 0.307 e. The molecule has 7 heteroatoms. The molecule has 1 aliphatic heterocycles. The van der Waals surface area contributed by atoms with Gasteiger partial charge in [0.1, 0.15) is 6.04 Å². The van der Waals surface area contributed by atoms with E-state index in [-0.39, 0.29) is 23.1 Å². The Kier molecular flexibility index (Phi) is 4.61. The summed E-state index contributed by atoms with van der Waals surface area (Å²) >= 11 is 0. The molecule has 1 aromatic carbocycles. The number of nitrogens with one attached hydrogen (secondary N) is 2. The SMILES string of the molecule is CC(=O)NC(Cc1c[nH]c2ccccc12)C(=O)N1CCC2(CC1)CC2C(=O)O. The number of carboxylic acid groups (broad SMARTS) is 1. The molecule has 1 spiro atoms. The van der Waals surface area contributed by atoms with Crippen LogP contribution < -0.4 is 5.32 Å². The number of hydrogen-bond acceptors (Lipinski definition) is 3. The molecule has 3 N–H and O–H groups in total. The molecule has 2 fully saturated rings. The van der Waals surface area contributed by atoms with E-state index in [9.17, 15) is 19.5 Å². The van der Waals surface area contributed by atoms with Crippen LogP contribution in [0.5, 0.6) is 0 Å². The maximum atomic E-state index is 13.1. The monoisotopic (exact) mass is 383 g/mol. The first-order valence-electron chi connectivity index (χ1n) is 9.73. The third-order valence-corrected chi connectivity index (χ3v) is 6.33. The average molecular weight is 383 g/mol. The van der Waals surface area contributed by atoms with Gasteiger partial charge in [0.05, 0.1) is 5.92 Å². The van der Waals surface area contributed by atoms with E-state index in [1.54, 1.807) is 4.90 Å². The molecule has 1 saturated heterocycles. The number of aromatic nitrogens is 1. The van der Waals surface area contributed by atoms with Gasteiger partial charge in [-0.1, -0.05) is 18.2 Å². The number of hydrogen-bond donors (Lipinski definition) is 3. The van der Waals surface area contributed by atoms with Gasteiger partial charge in [0.25, 0.3) is 0 Å². The molecule has 1 aromatic heterocycles. The molecule has 2 amide bonds. The molecule has 1 saturated carbocycles. The predicted molar refractivity (Wildman–Crippen MR) is 104 cm³/mol. The first-order chi connectivity index (χ1) is 13.4. The summed E-state index contributed by atoms with van der Waals surface area (Å²) in [5, 5.41) is 13.1. The molecule has 2 unspecified atom stereocenters. The second kappa shape index (κ2) is 6.96. The number of H-pyrrole nitrogens is 1. The summed E-state index contributed by atoms with van der Waals surface area (Å²) in [6.45, 7) is 2.52. The Morgan fingerprint density at radius 2 is 2.00 bits per heavy atom. The van der Waals surface area contributed by atoms with Crippen molar-refractivity contribution in [1.29, 1.82) is 0 Å². The summed E-state index contributed by atoms with van der Waals surface area (Å²) in [7, 11) is 0. The minimum atomic E-state index is -0.727. The molecule has 1 aliphatic carbocycles. The lowest BCUT2D eigenvalue weighted by atomic mass is 9.90. The number of aliphatic carboxylic acids is 1. The molecule has 148 valence electrons. The highest BCUT2D eigenvalue weighted by Crippen LogP contribution is 2.59. The van der Waals surface area contributed by atoms with Crippen molar-refractivity contribution in [3.05, 3.63) is 36.0 Å². The van der Waals surface area contributed by atoms with Crippen molar-refractivity contribution in [1.82, 2.24) is 15.2 Å². The van der Waals surface area contributed by atoms with E-state index in [1.807, 2.05) is 30.5 Å². The Morgan fingerprint density at radius 3 is 2.64 bits per heavy atom. The molecule has 2 heterocycles. The fourth-order valence-corrected chi connectivity index (χ4v) is 4.61. The van der Waals surface area contributed by atoms with Crippen molar-refractivity contribution in [2.24, 2.45) is 11.3 Å². The van der Waals surface area contributed by atoms with E-state index in [0.29, 0.717) is 19.5 Å². The quantitative estimate of drug-likeness (QED) is 0.734. The summed E-state index contributed by atoms with van der Waals surface area (Å²) in [6.07, 6.45) is 4.46.